The molecule has 1 unspecified atom stereocenters. The molecule has 0 bridgehead atoms. The van der Waals surface area contributed by atoms with Crippen LogP contribution in [-0.2, 0) is 9.53 Å². The number of ether oxygens (including phenoxy) is 1. The smallest absolute Gasteiger partial charge is 0.305 e. The fourth-order valence-electron chi connectivity index (χ4n) is 1.95. The van der Waals surface area contributed by atoms with Gasteiger partial charge in [-0.1, -0.05) is 54.4 Å². The molecule has 24 heavy (non-hydrogen) atoms. The third kappa shape index (κ3) is 14.3. The van der Waals surface area contributed by atoms with E-state index in [4.69, 9.17) is 29.2 Å². The second kappa shape index (κ2) is 16.4. The highest BCUT2D eigenvalue weighted by Crippen LogP contribution is 2.24. The lowest BCUT2D eigenvalue weighted by Gasteiger charge is -2.17. The number of thioether (sulfide) groups is 2. The summed E-state index contributed by atoms with van der Waals surface area (Å²) < 4.78 is 6.67. The molecule has 4 nitrogen and oxygen atoms in total. The summed E-state index contributed by atoms with van der Waals surface area (Å²) in [7, 11) is 0. The summed E-state index contributed by atoms with van der Waals surface area (Å²) in [6.07, 6.45) is 4.47. The van der Waals surface area contributed by atoms with E-state index in [-0.39, 0.29) is 5.97 Å². The number of carbonyl (C=O) groups excluding carboxylic acids is 1. The van der Waals surface area contributed by atoms with Gasteiger partial charge in [0.25, 0.3) is 0 Å². The monoisotopic (exact) mass is 410 g/mol. The molecule has 2 N–H and O–H groups in total. The van der Waals surface area contributed by atoms with Gasteiger partial charge in [-0.15, -0.1) is 0 Å². The van der Waals surface area contributed by atoms with Gasteiger partial charge in [-0.25, -0.2) is 0 Å². The van der Waals surface area contributed by atoms with Crippen molar-refractivity contribution >= 4 is 62.6 Å². The van der Waals surface area contributed by atoms with Crippen LogP contribution in [-0.4, -0.2) is 45.3 Å². The van der Waals surface area contributed by atoms with Gasteiger partial charge in [-0.3, -0.25) is 4.79 Å². The maximum atomic E-state index is 11.4. The van der Waals surface area contributed by atoms with E-state index < -0.39 is 0 Å². The van der Waals surface area contributed by atoms with Gasteiger partial charge in [0, 0.05) is 30.5 Å². The maximum Gasteiger partial charge on any atom is 0.305 e. The second-order valence-electron chi connectivity index (χ2n) is 5.06. The molecule has 0 fully saturated rings. The summed E-state index contributed by atoms with van der Waals surface area (Å²) in [6.45, 7) is 8.10. The lowest BCUT2D eigenvalue weighted by molar-refractivity contribution is -0.143. The molecular formula is C16H30N2O2S4. The van der Waals surface area contributed by atoms with Gasteiger partial charge < -0.3 is 15.4 Å². The molecule has 0 aliphatic rings. The normalized spacial score (nSPS) is 11.6. The molecule has 0 radical (unpaired) electrons. The highest BCUT2D eigenvalue weighted by atomic mass is 32.2. The second-order valence-corrected chi connectivity index (χ2v) is 8.81. The van der Waals surface area contributed by atoms with Crippen molar-refractivity contribution in [3.05, 3.63) is 0 Å². The van der Waals surface area contributed by atoms with Crippen molar-refractivity contribution in [1.82, 2.24) is 10.6 Å². The van der Waals surface area contributed by atoms with Crippen LogP contribution in [0.1, 0.15) is 52.9 Å². The number of carbonyl (C=O) groups is 1. The third-order valence-electron chi connectivity index (χ3n) is 3.05. The molecular weight excluding hydrogens is 380 g/mol. The van der Waals surface area contributed by atoms with Crippen molar-refractivity contribution in [1.29, 1.82) is 0 Å². The topological polar surface area (TPSA) is 50.4 Å². The molecule has 0 aliphatic carbocycles. The molecule has 0 amide bonds. The standard InChI is InChI=1S/C16H30N2O2S4/c1-4-17-15(21)23-12-11-13(24-16(22)18-5-2)9-7-8-10-14(19)20-6-3/h13H,4-12H2,1-3H3,(H,17,21)(H,18,22). The van der Waals surface area contributed by atoms with Crippen LogP contribution in [0.15, 0.2) is 0 Å². The number of esters is 1. The SMILES string of the molecule is CCNC(=S)SCCC(CCCCC(=O)OCC)SC(=S)NCC. The van der Waals surface area contributed by atoms with Crippen LogP contribution >= 0.6 is 48.0 Å². The number of rotatable bonds is 12. The Morgan fingerprint density at radius 1 is 1.04 bits per heavy atom. The highest BCUT2D eigenvalue weighted by Gasteiger charge is 2.13. The van der Waals surface area contributed by atoms with E-state index in [2.05, 4.69) is 10.6 Å². The fraction of sp³-hybridized carbons (Fsp3) is 0.812. The molecule has 0 aromatic carbocycles. The summed E-state index contributed by atoms with van der Waals surface area (Å²) >= 11 is 14.0. The first kappa shape index (κ1) is 23.9. The third-order valence-corrected chi connectivity index (χ3v) is 5.99. The summed E-state index contributed by atoms with van der Waals surface area (Å²) in [6, 6.07) is 0. The van der Waals surface area contributed by atoms with Crippen molar-refractivity contribution in [2.75, 3.05) is 25.4 Å². The Balaban J connectivity index is 4.15. The zero-order valence-corrected chi connectivity index (χ0v) is 18.2. The summed E-state index contributed by atoms with van der Waals surface area (Å²) in [5.74, 6) is 0.882. The van der Waals surface area contributed by atoms with E-state index >= 15 is 0 Å². The van der Waals surface area contributed by atoms with Gasteiger partial charge in [-0.05, 0) is 40.0 Å². The minimum Gasteiger partial charge on any atom is -0.466 e. The zero-order chi connectivity index (χ0) is 18.2. The molecule has 0 saturated heterocycles. The predicted octanol–water partition coefficient (Wildman–Crippen LogP) is 4.12. The first-order valence-corrected chi connectivity index (χ1v) is 11.2. The van der Waals surface area contributed by atoms with Crippen LogP contribution in [0.4, 0.5) is 0 Å². The van der Waals surface area contributed by atoms with Crippen LogP contribution in [0.5, 0.6) is 0 Å². The lowest BCUT2D eigenvalue weighted by atomic mass is 10.1. The minimum absolute atomic E-state index is 0.101. The van der Waals surface area contributed by atoms with Crippen LogP contribution in [0, 0.1) is 0 Å². The number of hydrogen-bond donors (Lipinski definition) is 2. The molecule has 0 heterocycles. The van der Waals surface area contributed by atoms with Crippen LogP contribution in [0.3, 0.4) is 0 Å². The van der Waals surface area contributed by atoms with Crippen molar-refractivity contribution in [2.45, 2.75) is 58.1 Å². The molecule has 0 aromatic heterocycles. The van der Waals surface area contributed by atoms with E-state index in [1.54, 1.807) is 23.5 Å². The van der Waals surface area contributed by atoms with Gasteiger partial charge in [0.15, 0.2) is 0 Å². The van der Waals surface area contributed by atoms with Crippen molar-refractivity contribution in [2.24, 2.45) is 0 Å². The quantitative estimate of drug-likeness (QED) is 0.283. The zero-order valence-electron chi connectivity index (χ0n) is 14.9. The Bertz CT molecular complexity index is 381. The molecule has 8 heteroatoms. The molecule has 1 atom stereocenters. The Kier molecular flexibility index (Phi) is 16.4. The Morgan fingerprint density at radius 3 is 2.33 bits per heavy atom. The van der Waals surface area contributed by atoms with Gasteiger partial charge in [0.2, 0.25) is 0 Å². The van der Waals surface area contributed by atoms with E-state index in [1.165, 1.54) is 0 Å². The minimum atomic E-state index is -0.101. The Hall–Kier alpha value is -0.0500. The first-order valence-electron chi connectivity index (χ1n) is 8.54. The average molecular weight is 411 g/mol. The highest BCUT2D eigenvalue weighted by molar-refractivity contribution is 8.23. The number of unbranched alkanes of at least 4 members (excludes halogenated alkanes) is 1. The van der Waals surface area contributed by atoms with E-state index in [9.17, 15) is 4.79 Å². The van der Waals surface area contributed by atoms with Crippen LogP contribution < -0.4 is 10.6 Å². The van der Waals surface area contributed by atoms with E-state index in [1.807, 2.05) is 20.8 Å². The van der Waals surface area contributed by atoms with Crippen molar-refractivity contribution < 1.29 is 9.53 Å². The van der Waals surface area contributed by atoms with Gasteiger partial charge in [-0.2, -0.15) is 0 Å². The molecule has 0 aliphatic heterocycles. The first-order chi connectivity index (χ1) is 11.5. The van der Waals surface area contributed by atoms with E-state index in [0.717, 1.165) is 53.2 Å². The van der Waals surface area contributed by atoms with Gasteiger partial charge in [0.1, 0.15) is 8.64 Å². The summed E-state index contributed by atoms with van der Waals surface area (Å²) in [5, 5.41) is 6.81. The summed E-state index contributed by atoms with van der Waals surface area (Å²) in [4.78, 5) is 11.4. The van der Waals surface area contributed by atoms with E-state index in [0.29, 0.717) is 18.3 Å². The number of hydrogen-bond acceptors (Lipinski definition) is 6. The molecule has 0 spiro atoms. The largest absolute Gasteiger partial charge is 0.466 e. The van der Waals surface area contributed by atoms with Crippen molar-refractivity contribution in [3.8, 4) is 0 Å². The fourth-order valence-corrected chi connectivity index (χ4v) is 4.93. The predicted molar refractivity (Wildman–Crippen MR) is 116 cm³/mol. The Morgan fingerprint density at radius 2 is 1.71 bits per heavy atom. The van der Waals surface area contributed by atoms with Gasteiger partial charge >= 0.3 is 5.97 Å². The lowest BCUT2D eigenvalue weighted by Crippen LogP contribution is -2.21. The molecule has 0 aromatic rings. The summed E-state index contributed by atoms with van der Waals surface area (Å²) in [5.41, 5.74) is 0. The number of thiocarbonyl (C=S) groups is 2. The average Bonchev–Trinajstić information content (AvgIpc) is 2.52. The van der Waals surface area contributed by atoms with Crippen molar-refractivity contribution in [3.63, 3.8) is 0 Å². The maximum absolute atomic E-state index is 11.4. The molecule has 0 rings (SSSR count). The number of nitrogens with one attached hydrogen (secondary N) is 2. The van der Waals surface area contributed by atoms with Crippen LogP contribution in [0.2, 0.25) is 0 Å². The molecule has 140 valence electrons. The van der Waals surface area contributed by atoms with Gasteiger partial charge in [0.05, 0.1) is 6.61 Å². The van der Waals surface area contributed by atoms with Crippen LogP contribution in [0.25, 0.3) is 0 Å². The molecule has 0 saturated carbocycles. The Labute approximate surface area is 166 Å².